The van der Waals surface area contributed by atoms with Crippen LogP contribution in [0.3, 0.4) is 0 Å². The molecule has 0 radical (unpaired) electrons. The van der Waals surface area contributed by atoms with Gasteiger partial charge >= 0.3 is 0 Å². The Morgan fingerprint density at radius 2 is 2.17 bits per heavy atom. The minimum Gasteiger partial charge on any atom is -0.311 e. The molecule has 0 aliphatic carbocycles. The zero-order valence-electron chi connectivity index (χ0n) is 6.84. The predicted octanol–water partition coefficient (Wildman–Crippen LogP) is 2.85. The number of pyridine rings is 1. The van der Waals surface area contributed by atoms with Gasteiger partial charge in [-0.2, -0.15) is 0 Å². The third kappa shape index (κ3) is 1.90. The van der Waals surface area contributed by atoms with Crippen molar-refractivity contribution < 1.29 is 0 Å². The van der Waals surface area contributed by atoms with Gasteiger partial charge in [-0.1, -0.05) is 11.6 Å². The van der Waals surface area contributed by atoms with Crippen LogP contribution in [0.25, 0.3) is 0 Å². The van der Waals surface area contributed by atoms with Crippen molar-refractivity contribution in [3.05, 3.63) is 32.1 Å². The Balaban J connectivity index is 3.38. The molecule has 0 spiro atoms. The van der Waals surface area contributed by atoms with Gasteiger partial charge in [-0.25, -0.2) is 0 Å². The molecular weight excluding hydrogens is 241 g/mol. The smallest absolute Gasteiger partial charge is 0.269 e. The molecule has 0 aromatic carbocycles. The molecule has 0 bridgehead atoms. The zero-order valence-corrected chi connectivity index (χ0v) is 9.19. The van der Waals surface area contributed by atoms with Crippen LogP contribution in [-0.2, 0) is 0 Å². The SMILES string of the molecule is CC(C)n1cc(Br)cc(Cl)c1=O. The molecule has 0 atom stereocenters. The van der Waals surface area contributed by atoms with Crippen molar-refractivity contribution in [3.8, 4) is 0 Å². The second-order valence-electron chi connectivity index (χ2n) is 2.81. The molecule has 0 unspecified atom stereocenters. The fraction of sp³-hybridized carbons (Fsp3) is 0.375. The first kappa shape index (κ1) is 9.81. The van der Waals surface area contributed by atoms with Crippen LogP contribution in [0.2, 0.25) is 5.02 Å². The van der Waals surface area contributed by atoms with Crippen molar-refractivity contribution in [3.63, 3.8) is 0 Å². The van der Waals surface area contributed by atoms with Crippen LogP contribution in [0.5, 0.6) is 0 Å². The van der Waals surface area contributed by atoms with Crippen molar-refractivity contribution in [2.75, 3.05) is 0 Å². The van der Waals surface area contributed by atoms with Crippen molar-refractivity contribution in [2.24, 2.45) is 0 Å². The number of halogens is 2. The molecule has 1 heterocycles. The molecule has 0 fully saturated rings. The Morgan fingerprint density at radius 3 is 2.67 bits per heavy atom. The first-order valence-corrected chi connectivity index (χ1v) is 4.76. The Bertz CT molecular complexity index is 345. The van der Waals surface area contributed by atoms with E-state index >= 15 is 0 Å². The van der Waals surface area contributed by atoms with E-state index in [1.54, 1.807) is 16.8 Å². The fourth-order valence-electron chi connectivity index (χ4n) is 0.918. The van der Waals surface area contributed by atoms with E-state index in [2.05, 4.69) is 15.9 Å². The molecule has 66 valence electrons. The summed E-state index contributed by atoms with van der Waals surface area (Å²) in [6, 6.07) is 1.73. The van der Waals surface area contributed by atoms with Crippen LogP contribution in [0.4, 0.5) is 0 Å². The Kier molecular flexibility index (Phi) is 2.96. The van der Waals surface area contributed by atoms with Crippen LogP contribution in [0.1, 0.15) is 19.9 Å². The van der Waals surface area contributed by atoms with Crippen molar-refractivity contribution in [2.45, 2.75) is 19.9 Å². The quantitative estimate of drug-likeness (QED) is 0.751. The highest BCUT2D eigenvalue weighted by atomic mass is 79.9. The molecule has 0 saturated carbocycles. The molecule has 0 amide bonds. The maximum absolute atomic E-state index is 11.4. The largest absolute Gasteiger partial charge is 0.311 e. The number of hydrogen-bond acceptors (Lipinski definition) is 1. The minimum absolute atomic E-state index is 0.132. The molecule has 1 aromatic heterocycles. The second kappa shape index (κ2) is 3.62. The van der Waals surface area contributed by atoms with Gasteiger partial charge in [0, 0.05) is 16.7 Å². The monoisotopic (exact) mass is 249 g/mol. The highest BCUT2D eigenvalue weighted by molar-refractivity contribution is 9.10. The molecule has 4 heteroatoms. The summed E-state index contributed by atoms with van der Waals surface area (Å²) in [7, 11) is 0. The third-order valence-corrected chi connectivity index (χ3v) is 2.23. The van der Waals surface area contributed by atoms with Gasteiger partial charge in [0.1, 0.15) is 5.02 Å². The van der Waals surface area contributed by atoms with Crippen LogP contribution in [-0.4, -0.2) is 4.57 Å². The van der Waals surface area contributed by atoms with Crippen molar-refractivity contribution >= 4 is 27.5 Å². The van der Waals surface area contributed by atoms with Crippen LogP contribution in [0.15, 0.2) is 21.5 Å². The molecule has 2 nitrogen and oxygen atoms in total. The van der Waals surface area contributed by atoms with E-state index < -0.39 is 0 Å². The summed E-state index contributed by atoms with van der Waals surface area (Å²) in [6.45, 7) is 3.87. The number of nitrogens with zero attached hydrogens (tertiary/aromatic N) is 1. The molecule has 1 aromatic rings. The maximum atomic E-state index is 11.4. The van der Waals surface area contributed by atoms with E-state index in [4.69, 9.17) is 11.6 Å². The Hall–Kier alpha value is -0.280. The summed E-state index contributed by atoms with van der Waals surface area (Å²) >= 11 is 8.97. The standard InChI is InChI=1S/C8H9BrClNO/c1-5(2)11-4-6(9)3-7(10)8(11)12/h3-5H,1-2H3. The topological polar surface area (TPSA) is 22.0 Å². The normalized spacial score (nSPS) is 10.8. The average Bonchev–Trinajstić information content (AvgIpc) is 1.96. The fourth-order valence-corrected chi connectivity index (χ4v) is 1.71. The number of hydrogen-bond donors (Lipinski definition) is 0. The van der Waals surface area contributed by atoms with E-state index in [1.807, 2.05) is 13.8 Å². The molecule has 0 saturated heterocycles. The highest BCUT2D eigenvalue weighted by Gasteiger charge is 2.05. The zero-order chi connectivity index (χ0) is 9.30. The van der Waals surface area contributed by atoms with Gasteiger partial charge in [0.25, 0.3) is 5.56 Å². The highest BCUT2D eigenvalue weighted by Crippen LogP contribution is 2.14. The lowest BCUT2D eigenvalue weighted by Crippen LogP contribution is -2.21. The van der Waals surface area contributed by atoms with E-state index in [-0.39, 0.29) is 16.6 Å². The van der Waals surface area contributed by atoms with E-state index in [9.17, 15) is 4.79 Å². The van der Waals surface area contributed by atoms with Gasteiger partial charge in [-0.15, -0.1) is 0 Å². The van der Waals surface area contributed by atoms with Crippen LogP contribution < -0.4 is 5.56 Å². The van der Waals surface area contributed by atoms with Crippen molar-refractivity contribution in [1.29, 1.82) is 0 Å². The number of rotatable bonds is 1. The van der Waals surface area contributed by atoms with Gasteiger partial charge in [0.2, 0.25) is 0 Å². The number of aromatic nitrogens is 1. The summed E-state index contributed by atoms with van der Waals surface area (Å²) in [5, 5.41) is 0.248. The molecule has 0 N–H and O–H groups in total. The van der Waals surface area contributed by atoms with E-state index in [0.29, 0.717) is 0 Å². The summed E-state index contributed by atoms with van der Waals surface area (Å²) in [6.07, 6.45) is 1.74. The van der Waals surface area contributed by atoms with Gasteiger partial charge in [-0.3, -0.25) is 4.79 Å². The van der Waals surface area contributed by atoms with Crippen LogP contribution in [0, 0.1) is 0 Å². The van der Waals surface area contributed by atoms with Gasteiger partial charge in [0.15, 0.2) is 0 Å². The summed E-state index contributed by atoms with van der Waals surface area (Å²) in [5.74, 6) is 0. The minimum atomic E-state index is -0.144. The molecular formula is C8H9BrClNO. The Morgan fingerprint density at radius 1 is 1.58 bits per heavy atom. The summed E-state index contributed by atoms with van der Waals surface area (Å²) in [4.78, 5) is 11.4. The second-order valence-corrected chi connectivity index (χ2v) is 4.14. The Labute approximate surface area is 84.3 Å². The van der Waals surface area contributed by atoms with E-state index in [0.717, 1.165) is 4.47 Å². The maximum Gasteiger partial charge on any atom is 0.269 e. The molecule has 0 aliphatic rings. The molecule has 12 heavy (non-hydrogen) atoms. The molecule has 0 aliphatic heterocycles. The first-order chi connectivity index (χ1) is 5.52. The van der Waals surface area contributed by atoms with Crippen molar-refractivity contribution in [1.82, 2.24) is 4.57 Å². The van der Waals surface area contributed by atoms with Gasteiger partial charge < -0.3 is 4.57 Å². The summed E-state index contributed by atoms with van der Waals surface area (Å²) in [5.41, 5.74) is -0.144. The summed E-state index contributed by atoms with van der Waals surface area (Å²) < 4.78 is 2.41. The van der Waals surface area contributed by atoms with E-state index in [1.165, 1.54) is 0 Å². The van der Waals surface area contributed by atoms with Gasteiger partial charge in [0.05, 0.1) is 0 Å². The lowest BCUT2D eigenvalue weighted by molar-refractivity contribution is 0.577. The van der Waals surface area contributed by atoms with Gasteiger partial charge in [-0.05, 0) is 35.8 Å². The molecule has 1 rings (SSSR count). The average molecular weight is 251 g/mol. The predicted molar refractivity (Wildman–Crippen MR) is 53.8 cm³/mol. The lowest BCUT2D eigenvalue weighted by atomic mass is 10.3. The first-order valence-electron chi connectivity index (χ1n) is 3.59. The third-order valence-electron chi connectivity index (χ3n) is 1.52. The van der Waals surface area contributed by atoms with Crippen LogP contribution >= 0.6 is 27.5 Å². The lowest BCUT2D eigenvalue weighted by Gasteiger charge is -2.09.